The Kier molecular flexibility index (Phi) is 2.87. The Hall–Kier alpha value is -6.58. The Balaban J connectivity index is 1.44. The Labute approximate surface area is 316 Å². The molecule has 0 radical (unpaired) electrons. The average molecular weight is 652 g/mol. The molecule has 0 fully saturated rings. The minimum atomic E-state index is -0.868. The molecular formula is C46H29NO2. The normalized spacial score (nSPS) is 18.5. The van der Waals surface area contributed by atoms with Crippen molar-refractivity contribution in [2.24, 2.45) is 0 Å². The minimum Gasteiger partial charge on any atom is -0.456 e. The van der Waals surface area contributed by atoms with E-state index in [4.69, 9.17) is 34.9 Å². The molecule has 0 unspecified atom stereocenters. The summed E-state index contributed by atoms with van der Waals surface area (Å²) in [6.45, 7) is 0. The van der Waals surface area contributed by atoms with Crippen LogP contribution in [0.5, 0.6) is 0 Å². The number of nitrogens with zero attached hydrogens (tertiary/aromatic N) is 1. The van der Waals surface area contributed by atoms with Crippen LogP contribution in [0.2, 0.25) is 0 Å². The topological polar surface area (TPSA) is 29.5 Å². The van der Waals surface area contributed by atoms with Gasteiger partial charge in [0.1, 0.15) is 22.3 Å². The Morgan fingerprint density at radius 3 is 2.08 bits per heavy atom. The molecule has 0 saturated heterocycles. The molecule has 0 bridgehead atoms. The fourth-order valence-electron chi connectivity index (χ4n) is 5.82. The summed E-state index contributed by atoms with van der Waals surface area (Å²) in [5.74, 6) is 0. The van der Waals surface area contributed by atoms with Crippen LogP contribution in [0.15, 0.2) is 184 Å². The van der Waals surface area contributed by atoms with E-state index in [2.05, 4.69) is 0 Å². The third kappa shape index (κ3) is 4.44. The number of hydrogen-bond donors (Lipinski definition) is 0. The first kappa shape index (κ1) is 12.8. The number of furan rings is 2. The molecule has 3 nitrogen and oxygen atoms in total. The summed E-state index contributed by atoms with van der Waals surface area (Å²) in [4.78, 5) is 0.932. The molecule has 0 aliphatic heterocycles. The van der Waals surface area contributed by atoms with Gasteiger partial charge in [0.15, 0.2) is 0 Å². The van der Waals surface area contributed by atoms with Gasteiger partial charge in [-0.25, -0.2) is 0 Å². The van der Waals surface area contributed by atoms with E-state index in [1.165, 1.54) is 6.07 Å². The van der Waals surface area contributed by atoms with Crippen molar-refractivity contribution in [3.05, 3.63) is 175 Å². The first-order valence-electron chi connectivity index (χ1n) is 26.6. The van der Waals surface area contributed by atoms with Gasteiger partial charge < -0.3 is 13.7 Å². The predicted molar refractivity (Wildman–Crippen MR) is 204 cm³/mol. The van der Waals surface area contributed by atoms with Crippen LogP contribution in [0.25, 0.3) is 76.9 Å². The van der Waals surface area contributed by atoms with E-state index in [0.29, 0.717) is 0 Å². The maximum absolute atomic E-state index is 9.68. The monoisotopic (exact) mass is 651 g/mol. The third-order valence-electron chi connectivity index (χ3n) is 7.96. The standard InChI is InChI=1S/C46H29NO2/c1-3-11-30(12-4-1)32-21-25-35(26-22-32)47(39-17-10-20-43-44(39)37-27-23-33-15-7-8-16-36(33)46(37)49-43)40-18-9-19-42-45(40)38-29-34(24-28-41(38)48-42)31-13-5-2-6-14-31/h1-29H/i1D,2D,3D,4D,5D,6D,7D,8D,9D,10D,11D,12D,13D,15D,16D,17D,18D,19D,21D,23D,24D,25D,27D,28D. The third-order valence-corrected chi connectivity index (χ3v) is 7.96. The molecule has 0 aliphatic carbocycles. The predicted octanol–water partition coefficient (Wildman–Crippen LogP) is 13.4. The van der Waals surface area contributed by atoms with Gasteiger partial charge in [-0.3, -0.25) is 0 Å². The summed E-state index contributed by atoms with van der Waals surface area (Å²) in [5, 5.41) is -2.02. The number of hydrogen-bond acceptors (Lipinski definition) is 3. The fourth-order valence-corrected chi connectivity index (χ4v) is 5.82. The van der Waals surface area contributed by atoms with Crippen LogP contribution in [0.1, 0.15) is 32.9 Å². The van der Waals surface area contributed by atoms with Crippen molar-refractivity contribution in [2.75, 3.05) is 4.90 Å². The number of rotatable bonds is 5. The average Bonchev–Trinajstić information content (AvgIpc) is 3.93. The van der Waals surface area contributed by atoms with Crippen LogP contribution in [0, 0.1) is 0 Å². The van der Waals surface area contributed by atoms with Gasteiger partial charge in [-0.2, -0.15) is 0 Å². The van der Waals surface area contributed by atoms with Crippen LogP contribution >= 0.6 is 0 Å². The molecule has 2 aromatic heterocycles. The van der Waals surface area contributed by atoms with E-state index in [0.717, 1.165) is 29.2 Å². The maximum atomic E-state index is 9.68. The van der Waals surface area contributed by atoms with Gasteiger partial charge in [0.2, 0.25) is 0 Å². The van der Waals surface area contributed by atoms with Crippen LogP contribution in [-0.4, -0.2) is 0 Å². The van der Waals surface area contributed by atoms with Crippen molar-refractivity contribution in [2.45, 2.75) is 0 Å². The summed E-state index contributed by atoms with van der Waals surface area (Å²) in [6, 6.07) is -11.6. The summed E-state index contributed by atoms with van der Waals surface area (Å²) in [7, 11) is 0. The zero-order valence-electron chi connectivity index (χ0n) is 48.7. The molecule has 0 spiro atoms. The highest BCUT2D eigenvalue weighted by molar-refractivity contribution is 6.21. The zero-order chi connectivity index (χ0) is 53.2. The lowest BCUT2D eigenvalue weighted by Crippen LogP contribution is -2.10. The van der Waals surface area contributed by atoms with E-state index in [-0.39, 0.29) is 49.2 Å². The number of fused-ring (bicyclic) bond motifs is 8. The van der Waals surface area contributed by atoms with Gasteiger partial charge in [0.05, 0.1) is 55.0 Å². The summed E-state index contributed by atoms with van der Waals surface area (Å²) in [5.41, 5.74) is -4.68. The molecule has 2 heterocycles. The molecule has 10 rings (SSSR count). The smallest absolute Gasteiger partial charge is 0.143 e. The van der Waals surface area contributed by atoms with Gasteiger partial charge in [0, 0.05) is 21.8 Å². The van der Waals surface area contributed by atoms with Crippen molar-refractivity contribution in [1.82, 2.24) is 0 Å². The molecule has 3 heteroatoms. The summed E-state index contributed by atoms with van der Waals surface area (Å²) < 4.78 is 225. The molecule has 10 aromatic rings. The van der Waals surface area contributed by atoms with Crippen molar-refractivity contribution in [3.63, 3.8) is 0 Å². The summed E-state index contributed by atoms with van der Waals surface area (Å²) in [6.07, 6.45) is 0. The van der Waals surface area contributed by atoms with Gasteiger partial charge >= 0.3 is 0 Å². The van der Waals surface area contributed by atoms with Crippen LogP contribution in [0.4, 0.5) is 17.1 Å². The van der Waals surface area contributed by atoms with E-state index in [1.54, 1.807) is 0 Å². The van der Waals surface area contributed by atoms with E-state index >= 15 is 0 Å². The Bertz CT molecular complexity index is 4190. The lowest BCUT2D eigenvalue weighted by atomic mass is 10.0. The maximum Gasteiger partial charge on any atom is 0.143 e. The molecule has 8 aromatic carbocycles. The second-order valence-corrected chi connectivity index (χ2v) is 10.7. The molecule has 0 N–H and O–H groups in total. The fraction of sp³-hybridized carbons (Fsp3) is 0. The minimum absolute atomic E-state index is 0.216. The molecule has 0 atom stereocenters. The highest BCUT2D eigenvalue weighted by atomic mass is 16.3. The zero-order valence-corrected chi connectivity index (χ0v) is 24.7. The van der Waals surface area contributed by atoms with Crippen molar-refractivity contribution in [1.29, 1.82) is 0 Å². The van der Waals surface area contributed by atoms with Crippen LogP contribution < -0.4 is 4.90 Å². The van der Waals surface area contributed by atoms with Gasteiger partial charge in [-0.15, -0.1) is 0 Å². The number of anilines is 3. The van der Waals surface area contributed by atoms with Gasteiger partial charge in [-0.05, 0) is 82.1 Å². The van der Waals surface area contributed by atoms with Gasteiger partial charge in [-0.1, -0.05) is 121 Å². The van der Waals surface area contributed by atoms with Crippen LogP contribution in [-0.2, 0) is 0 Å². The van der Waals surface area contributed by atoms with E-state index in [1.807, 2.05) is 0 Å². The molecule has 0 saturated carbocycles. The van der Waals surface area contributed by atoms with Gasteiger partial charge in [0.25, 0.3) is 0 Å². The highest BCUT2D eigenvalue weighted by Crippen LogP contribution is 2.48. The Morgan fingerprint density at radius 2 is 1.16 bits per heavy atom. The van der Waals surface area contributed by atoms with E-state index in [9.17, 15) is 6.85 Å². The highest BCUT2D eigenvalue weighted by Gasteiger charge is 2.24. The largest absolute Gasteiger partial charge is 0.456 e. The molecule has 0 amide bonds. The van der Waals surface area contributed by atoms with Crippen LogP contribution in [0.3, 0.4) is 0 Å². The number of benzene rings is 8. The quantitative estimate of drug-likeness (QED) is 0.185. The van der Waals surface area contributed by atoms with Crippen molar-refractivity contribution < 1.29 is 41.7 Å². The van der Waals surface area contributed by atoms with E-state index < -0.39 is 190 Å². The summed E-state index contributed by atoms with van der Waals surface area (Å²) >= 11 is 0. The second-order valence-electron chi connectivity index (χ2n) is 10.7. The molecule has 49 heavy (non-hydrogen) atoms. The second kappa shape index (κ2) is 11.0. The lowest BCUT2D eigenvalue weighted by Gasteiger charge is -2.27. The molecule has 230 valence electrons. The lowest BCUT2D eigenvalue weighted by molar-refractivity contribution is 0.669. The van der Waals surface area contributed by atoms with Crippen molar-refractivity contribution >= 4 is 71.7 Å². The first-order chi connectivity index (χ1) is 34.3. The first-order valence-corrected chi connectivity index (χ1v) is 14.6. The van der Waals surface area contributed by atoms with Crippen molar-refractivity contribution in [3.8, 4) is 22.3 Å². The molecule has 0 aliphatic rings. The Morgan fingerprint density at radius 1 is 0.408 bits per heavy atom. The SMILES string of the molecule is [2H]c1cc(-c2cc3c(oc4c([2H])c([2H])c([2H])c(N(c5ccc(-c6c([2H])c([2H])c([2H])c([2H])c6[2H])c([2H])c5[2H])c5c([2H])c([2H])cc6oc7c8c([2H])c([2H])c([2H])c([2H])c8c([2H])c([2H])c7c56)c43)c([2H])c2[2H])c([2H])c([2H])c1[2H]. The molecular weight excluding hydrogens is 599 g/mol.